The molecule has 50 heavy (non-hydrogen) atoms. The molecule has 0 rings (SSSR count). The molecule has 0 saturated carbocycles. The van der Waals surface area contributed by atoms with Gasteiger partial charge >= 0.3 is 0 Å². The lowest BCUT2D eigenvalue weighted by molar-refractivity contribution is -0.122. The van der Waals surface area contributed by atoms with Gasteiger partial charge < -0.3 is 10.6 Å². The zero-order chi connectivity index (χ0) is 36.4. The fraction of sp³-hybridized carbons (Fsp3) is 0.696. The van der Waals surface area contributed by atoms with Crippen molar-refractivity contribution in [3.05, 3.63) is 72.9 Å². The molecular formula is C46H80N2O2. The smallest absolute Gasteiger partial charge is 0.220 e. The molecule has 1 atom stereocenters. The van der Waals surface area contributed by atoms with Gasteiger partial charge in [-0.1, -0.05) is 177 Å². The van der Waals surface area contributed by atoms with Crippen LogP contribution in [0.5, 0.6) is 0 Å². The molecular weight excluding hydrogens is 613 g/mol. The van der Waals surface area contributed by atoms with Crippen molar-refractivity contribution >= 4 is 11.8 Å². The first-order valence-corrected chi connectivity index (χ1v) is 21.1. The monoisotopic (exact) mass is 693 g/mol. The Morgan fingerprint density at radius 3 is 1.34 bits per heavy atom. The van der Waals surface area contributed by atoms with Crippen LogP contribution in [0.15, 0.2) is 72.9 Å². The zero-order valence-electron chi connectivity index (χ0n) is 33.1. The normalized spacial score (nSPS) is 12.9. The summed E-state index contributed by atoms with van der Waals surface area (Å²) < 4.78 is 0. The molecule has 0 spiro atoms. The number of unbranched alkanes of at least 4 members (excludes halogenated alkanes) is 15. The molecule has 0 saturated heterocycles. The average molecular weight is 693 g/mol. The van der Waals surface area contributed by atoms with Crippen LogP contribution in [-0.4, -0.2) is 24.4 Å². The second-order valence-corrected chi connectivity index (χ2v) is 14.0. The highest BCUT2D eigenvalue weighted by molar-refractivity contribution is 5.76. The van der Waals surface area contributed by atoms with E-state index >= 15 is 0 Å². The zero-order valence-corrected chi connectivity index (χ0v) is 33.1. The van der Waals surface area contributed by atoms with Crippen LogP contribution in [0, 0.1) is 0 Å². The molecule has 286 valence electrons. The van der Waals surface area contributed by atoms with Crippen LogP contribution in [0.2, 0.25) is 0 Å². The van der Waals surface area contributed by atoms with Gasteiger partial charge in [0.15, 0.2) is 0 Å². The molecule has 0 radical (unpaired) electrons. The highest BCUT2D eigenvalue weighted by atomic mass is 16.2. The van der Waals surface area contributed by atoms with E-state index in [4.69, 9.17) is 0 Å². The van der Waals surface area contributed by atoms with Gasteiger partial charge in [0.05, 0.1) is 0 Å². The molecule has 4 heteroatoms. The van der Waals surface area contributed by atoms with Gasteiger partial charge in [-0.3, -0.25) is 9.59 Å². The number of rotatable bonds is 36. The summed E-state index contributed by atoms with van der Waals surface area (Å²) in [5, 5.41) is 6.19. The quantitative estimate of drug-likeness (QED) is 0.0507. The minimum atomic E-state index is 0.120. The van der Waals surface area contributed by atoms with E-state index in [0.29, 0.717) is 19.4 Å². The van der Waals surface area contributed by atoms with Crippen molar-refractivity contribution in [2.24, 2.45) is 0 Å². The van der Waals surface area contributed by atoms with Crippen molar-refractivity contribution < 1.29 is 9.59 Å². The third kappa shape index (κ3) is 39.8. The largest absolute Gasteiger partial charge is 0.356 e. The van der Waals surface area contributed by atoms with Gasteiger partial charge in [-0.05, 0) is 77.6 Å². The van der Waals surface area contributed by atoms with Gasteiger partial charge in [-0.15, -0.1) is 0 Å². The standard InChI is InChI=1S/C46H80N2O2/c1-4-6-8-10-12-14-16-18-20-21-22-23-25-26-28-30-32-34-36-41-45(49)47-43-39-38-40-44(3)48-46(50)42-37-35-33-31-29-27-24-19-17-15-13-11-9-7-5-2/h6,8,12,14,18,20,22-23,26,28,32,34,44H,4-5,7,9-11,13,15-17,19,21,24-25,27,29-31,33,35-43H2,1-3H3,(H,47,49)(H,48,50)/b8-6-,14-12-,20-18-,23-22-,28-26-,34-32-/t44-/m1/s1. The highest BCUT2D eigenvalue weighted by Crippen LogP contribution is 2.14. The number of carbonyl (C=O) groups excluding carboxylic acids is 2. The van der Waals surface area contributed by atoms with Gasteiger partial charge in [0.1, 0.15) is 0 Å². The highest BCUT2D eigenvalue weighted by Gasteiger charge is 2.07. The lowest BCUT2D eigenvalue weighted by Gasteiger charge is -2.14. The minimum absolute atomic E-state index is 0.120. The first-order valence-electron chi connectivity index (χ1n) is 21.1. The van der Waals surface area contributed by atoms with Crippen LogP contribution in [0.25, 0.3) is 0 Å². The van der Waals surface area contributed by atoms with E-state index in [0.717, 1.165) is 70.6 Å². The summed E-state index contributed by atoms with van der Waals surface area (Å²) in [6, 6.07) is 0.197. The number of allylic oxidation sites excluding steroid dienone is 12. The number of hydrogen-bond donors (Lipinski definition) is 2. The molecule has 2 N–H and O–H groups in total. The third-order valence-electron chi connectivity index (χ3n) is 8.94. The van der Waals surface area contributed by atoms with E-state index in [-0.39, 0.29) is 17.9 Å². The number of nitrogens with one attached hydrogen (secondary N) is 2. The molecule has 2 amide bonds. The molecule has 0 aromatic carbocycles. The predicted molar refractivity (Wildman–Crippen MR) is 221 cm³/mol. The van der Waals surface area contributed by atoms with Gasteiger partial charge in [-0.2, -0.15) is 0 Å². The molecule has 0 aromatic rings. The van der Waals surface area contributed by atoms with E-state index in [1.807, 2.05) is 0 Å². The summed E-state index contributed by atoms with van der Waals surface area (Å²) in [5.74, 6) is 0.310. The van der Waals surface area contributed by atoms with Crippen LogP contribution in [0.4, 0.5) is 0 Å². The first kappa shape index (κ1) is 47.4. The fourth-order valence-electron chi connectivity index (χ4n) is 5.82. The van der Waals surface area contributed by atoms with Crippen molar-refractivity contribution in [3.63, 3.8) is 0 Å². The Bertz CT molecular complexity index is 926. The predicted octanol–water partition coefficient (Wildman–Crippen LogP) is 13.5. The molecule has 0 aliphatic heterocycles. The summed E-state index contributed by atoms with van der Waals surface area (Å²) in [7, 11) is 0. The van der Waals surface area contributed by atoms with Gasteiger partial charge in [0, 0.05) is 25.4 Å². The van der Waals surface area contributed by atoms with Crippen LogP contribution >= 0.6 is 0 Å². The Balaban J connectivity index is 3.54. The molecule has 4 nitrogen and oxygen atoms in total. The van der Waals surface area contributed by atoms with Crippen molar-refractivity contribution in [1.82, 2.24) is 10.6 Å². The Morgan fingerprint density at radius 2 is 0.880 bits per heavy atom. The Hall–Kier alpha value is -2.62. The summed E-state index contributed by atoms with van der Waals surface area (Å²) >= 11 is 0. The lowest BCUT2D eigenvalue weighted by atomic mass is 10.0. The number of amides is 2. The molecule has 0 aliphatic carbocycles. The van der Waals surface area contributed by atoms with Crippen LogP contribution < -0.4 is 10.6 Å². The number of carbonyl (C=O) groups is 2. The summed E-state index contributed by atoms with van der Waals surface area (Å²) in [4.78, 5) is 24.4. The second-order valence-electron chi connectivity index (χ2n) is 14.0. The van der Waals surface area contributed by atoms with Crippen molar-refractivity contribution in [3.8, 4) is 0 Å². The van der Waals surface area contributed by atoms with Gasteiger partial charge in [0.25, 0.3) is 0 Å². The summed E-state index contributed by atoms with van der Waals surface area (Å²) in [6.45, 7) is 7.24. The first-order chi connectivity index (χ1) is 24.6. The molecule has 0 fully saturated rings. The Morgan fingerprint density at radius 1 is 0.460 bits per heavy atom. The summed E-state index contributed by atoms with van der Waals surface area (Å²) in [5.41, 5.74) is 0. The maximum absolute atomic E-state index is 12.3. The van der Waals surface area contributed by atoms with Crippen molar-refractivity contribution in [2.45, 2.75) is 200 Å². The maximum atomic E-state index is 12.3. The van der Waals surface area contributed by atoms with E-state index in [1.54, 1.807) is 0 Å². The fourth-order valence-corrected chi connectivity index (χ4v) is 5.82. The minimum Gasteiger partial charge on any atom is -0.356 e. The van der Waals surface area contributed by atoms with Crippen LogP contribution in [0.1, 0.15) is 194 Å². The maximum Gasteiger partial charge on any atom is 0.220 e. The van der Waals surface area contributed by atoms with Crippen LogP contribution in [-0.2, 0) is 9.59 Å². The molecule has 0 bridgehead atoms. The molecule has 0 aliphatic rings. The van der Waals surface area contributed by atoms with E-state index in [1.165, 1.54) is 89.9 Å². The van der Waals surface area contributed by atoms with Crippen molar-refractivity contribution in [2.75, 3.05) is 6.54 Å². The Kier molecular flexibility index (Phi) is 38.7. The van der Waals surface area contributed by atoms with Crippen LogP contribution in [0.3, 0.4) is 0 Å². The number of hydrogen-bond acceptors (Lipinski definition) is 2. The van der Waals surface area contributed by atoms with Gasteiger partial charge in [0.2, 0.25) is 11.8 Å². The average Bonchev–Trinajstić information content (AvgIpc) is 3.10. The van der Waals surface area contributed by atoms with E-state index in [9.17, 15) is 9.59 Å². The second kappa shape index (κ2) is 40.8. The molecule has 0 unspecified atom stereocenters. The van der Waals surface area contributed by atoms with E-state index < -0.39 is 0 Å². The third-order valence-corrected chi connectivity index (χ3v) is 8.94. The Labute approximate surface area is 310 Å². The lowest BCUT2D eigenvalue weighted by Crippen LogP contribution is -2.32. The van der Waals surface area contributed by atoms with Crippen molar-refractivity contribution in [1.29, 1.82) is 0 Å². The van der Waals surface area contributed by atoms with E-state index in [2.05, 4.69) is 104 Å². The van der Waals surface area contributed by atoms with Gasteiger partial charge in [-0.25, -0.2) is 0 Å². The molecule has 0 aromatic heterocycles. The SMILES string of the molecule is CC/C=C\C/C=C\C/C=C\C/C=C\C/C=C\C/C=C\CCC(=O)NCCCC[C@@H](C)NC(=O)CCCCCCCCCCCCCCCCC. The summed E-state index contributed by atoms with van der Waals surface area (Å²) in [6.07, 6.45) is 57.3. The molecule has 0 heterocycles. The topological polar surface area (TPSA) is 58.2 Å².